The summed E-state index contributed by atoms with van der Waals surface area (Å²) in [5.41, 5.74) is 5.82. The summed E-state index contributed by atoms with van der Waals surface area (Å²) in [6, 6.07) is 29.5. The highest BCUT2D eigenvalue weighted by Crippen LogP contribution is 2.25. The Morgan fingerprint density at radius 3 is 2.24 bits per heavy atom. The molecule has 0 atom stereocenters. The van der Waals surface area contributed by atoms with Crippen LogP contribution in [0.4, 0.5) is 5.69 Å². The molecule has 0 aliphatic heterocycles. The predicted octanol–water partition coefficient (Wildman–Crippen LogP) is 5.13. The lowest BCUT2D eigenvalue weighted by Gasteiger charge is -2.11. The number of hydrogen-bond donors (Lipinski definition) is 1. The number of para-hydroxylation sites is 2. The number of carbonyl (C=O) groups is 1. The number of nitrogens with one attached hydrogen (secondary N) is 1. The summed E-state index contributed by atoms with van der Waals surface area (Å²) in [5.74, 6) is 0.279. The molecule has 0 fully saturated rings. The second-order valence-electron chi connectivity index (χ2n) is 7.27. The van der Waals surface area contributed by atoms with Crippen molar-refractivity contribution in [2.75, 3.05) is 12.0 Å². The summed E-state index contributed by atoms with van der Waals surface area (Å²) in [6.45, 7) is 2.01. The predicted molar refractivity (Wildman–Crippen MR) is 135 cm³/mol. The first kappa shape index (κ1) is 23.3. The molecule has 0 bridgehead atoms. The Morgan fingerprint density at radius 1 is 0.912 bits per heavy atom. The number of thioether (sulfide) groups is 1. The highest BCUT2D eigenvalue weighted by atomic mass is 32.2. The number of anilines is 1. The summed E-state index contributed by atoms with van der Waals surface area (Å²) in [4.78, 5) is 12.7. The van der Waals surface area contributed by atoms with Crippen LogP contribution in [-0.4, -0.2) is 32.4 Å². The number of carbonyl (C=O) groups excluding carboxylic acids is 1. The number of aryl methyl sites for hydroxylation is 2. The summed E-state index contributed by atoms with van der Waals surface area (Å²) >= 11 is 1.12. The largest absolute Gasteiger partial charge is 0.461 e. The van der Waals surface area contributed by atoms with Gasteiger partial charge in [-0.15, -0.1) is 10.2 Å². The third kappa shape index (κ3) is 6.11. The van der Waals surface area contributed by atoms with Crippen molar-refractivity contribution in [2.24, 2.45) is 5.10 Å². The molecule has 7 nitrogen and oxygen atoms in total. The minimum Gasteiger partial charge on any atom is -0.461 e. The molecule has 0 spiro atoms. The Balaban J connectivity index is 1.64. The summed E-state index contributed by atoms with van der Waals surface area (Å²) in [7, 11) is 0. The van der Waals surface area contributed by atoms with Crippen molar-refractivity contribution in [3.63, 3.8) is 0 Å². The number of hydrazone groups is 1. The van der Waals surface area contributed by atoms with Crippen LogP contribution < -0.4 is 5.43 Å². The van der Waals surface area contributed by atoms with Crippen LogP contribution in [-0.2, 0) is 22.4 Å². The van der Waals surface area contributed by atoms with Crippen LogP contribution in [0.1, 0.15) is 18.3 Å². The Hall–Kier alpha value is -3.91. The normalized spacial score (nSPS) is 11.3. The first-order valence-corrected chi connectivity index (χ1v) is 11.8. The second-order valence-corrected chi connectivity index (χ2v) is 8.23. The van der Waals surface area contributed by atoms with E-state index in [1.54, 1.807) is 6.92 Å². The van der Waals surface area contributed by atoms with Crippen LogP contribution in [0.2, 0.25) is 0 Å². The van der Waals surface area contributed by atoms with Crippen LogP contribution in [0.3, 0.4) is 0 Å². The number of ether oxygens (including phenoxy) is 1. The van der Waals surface area contributed by atoms with E-state index in [-0.39, 0.29) is 11.7 Å². The molecule has 4 rings (SSSR count). The fourth-order valence-corrected chi connectivity index (χ4v) is 4.07. The average molecular weight is 472 g/mol. The first-order chi connectivity index (χ1) is 16.7. The lowest BCUT2D eigenvalue weighted by Crippen LogP contribution is -2.17. The summed E-state index contributed by atoms with van der Waals surface area (Å²) in [6.07, 6.45) is 1.52. The van der Waals surface area contributed by atoms with Gasteiger partial charge in [-0.2, -0.15) is 5.10 Å². The molecule has 34 heavy (non-hydrogen) atoms. The van der Waals surface area contributed by atoms with Gasteiger partial charge in [0, 0.05) is 12.1 Å². The van der Waals surface area contributed by atoms with Crippen LogP contribution in [0.25, 0.3) is 5.69 Å². The number of rotatable bonds is 8. The maximum Gasteiger partial charge on any atom is 0.365 e. The fourth-order valence-electron chi connectivity index (χ4n) is 3.28. The Labute approximate surface area is 202 Å². The van der Waals surface area contributed by atoms with Gasteiger partial charge in [0.15, 0.2) is 0 Å². The number of esters is 1. The lowest BCUT2D eigenvalue weighted by molar-refractivity contribution is -0.134. The number of aromatic nitrogens is 3. The molecule has 4 aromatic rings. The van der Waals surface area contributed by atoms with Crippen molar-refractivity contribution < 1.29 is 9.53 Å². The van der Waals surface area contributed by atoms with E-state index in [1.807, 2.05) is 83.4 Å². The lowest BCUT2D eigenvalue weighted by atomic mass is 10.1. The van der Waals surface area contributed by atoms with E-state index in [1.165, 1.54) is 5.56 Å². The molecule has 0 saturated carbocycles. The molecule has 0 aliphatic carbocycles. The van der Waals surface area contributed by atoms with Gasteiger partial charge in [0.1, 0.15) is 5.82 Å². The van der Waals surface area contributed by atoms with Gasteiger partial charge in [-0.25, -0.2) is 4.79 Å². The van der Waals surface area contributed by atoms with Gasteiger partial charge in [0.25, 0.3) is 0 Å². The van der Waals surface area contributed by atoms with E-state index < -0.39 is 5.97 Å². The molecule has 0 aliphatic rings. The molecule has 0 radical (unpaired) electrons. The van der Waals surface area contributed by atoms with E-state index in [9.17, 15) is 4.79 Å². The van der Waals surface area contributed by atoms with Crippen molar-refractivity contribution in [3.8, 4) is 5.69 Å². The molecule has 0 unspecified atom stereocenters. The van der Waals surface area contributed by atoms with Gasteiger partial charge in [0.2, 0.25) is 10.2 Å². The molecule has 0 amide bonds. The molecule has 8 heteroatoms. The number of benzene rings is 3. The molecule has 1 heterocycles. The van der Waals surface area contributed by atoms with Gasteiger partial charge in [-0.1, -0.05) is 66.7 Å². The van der Waals surface area contributed by atoms with Crippen molar-refractivity contribution in [1.29, 1.82) is 0 Å². The maximum absolute atomic E-state index is 12.7. The topological polar surface area (TPSA) is 81.4 Å². The molecule has 172 valence electrons. The van der Waals surface area contributed by atoms with Gasteiger partial charge in [0.05, 0.1) is 12.3 Å². The van der Waals surface area contributed by atoms with Gasteiger partial charge < -0.3 is 4.74 Å². The molecular weight excluding hydrogens is 446 g/mol. The molecule has 1 aromatic heterocycles. The zero-order valence-corrected chi connectivity index (χ0v) is 19.6. The van der Waals surface area contributed by atoms with E-state index in [2.05, 4.69) is 32.9 Å². The van der Waals surface area contributed by atoms with E-state index >= 15 is 0 Å². The Bertz CT molecular complexity index is 1230. The van der Waals surface area contributed by atoms with Crippen molar-refractivity contribution in [3.05, 3.63) is 102 Å². The van der Waals surface area contributed by atoms with E-state index in [0.717, 1.165) is 35.4 Å². The highest BCUT2D eigenvalue weighted by molar-refractivity contribution is 8.15. The monoisotopic (exact) mass is 471 g/mol. The zero-order chi connectivity index (χ0) is 23.6. The number of nitrogens with zero attached hydrogens (tertiary/aromatic N) is 4. The Kier molecular flexibility index (Phi) is 8.08. The SMILES string of the molecule is CCOC(=O)C(=NNc1ccccc1)Sc1nnc(CCc2ccccc2)n1-c1ccccc1. The van der Waals surface area contributed by atoms with Crippen LogP contribution >= 0.6 is 11.8 Å². The molecule has 1 N–H and O–H groups in total. The maximum atomic E-state index is 12.7. The van der Waals surface area contributed by atoms with Crippen molar-refractivity contribution >= 4 is 28.5 Å². The first-order valence-electron chi connectivity index (χ1n) is 11.0. The van der Waals surface area contributed by atoms with Crippen LogP contribution in [0.5, 0.6) is 0 Å². The van der Waals surface area contributed by atoms with Gasteiger partial charge in [-0.3, -0.25) is 9.99 Å². The minimum atomic E-state index is -0.524. The smallest absolute Gasteiger partial charge is 0.365 e. The quantitative estimate of drug-likeness (QED) is 0.126. The zero-order valence-electron chi connectivity index (χ0n) is 18.8. The molecular formula is C26H25N5O2S. The second kappa shape index (κ2) is 11.8. The molecule has 0 saturated heterocycles. The van der Waals surface area contributed by atoms with Crippen LogP contribution in [0.15, 0.2) is 101 Å². The fraction of sp³-hybridized carbons (Fsp3) is 0.154. The van der Waals surface area contributed by atoms with Crippen LogP contribution in [0, 0.1) is 0 Å². The van der Waals surface area contributed by atoms with Crippen molar-refractivity contribution in [2.45, 2.75) is 24.9 Å². The average Bonchev–Trinajstić information content (AvgIpc) is 3.29. The summed E-state index contributed by atoms with van der Waals surface area (Å²) in [5, 5.41) is 13.9. The standard InChI is InChI=1S/C26H25N5O2S/c1-2-33-25(32)24(29-27-21-14-8-4-9-15-21)34-26-30-28-23(19-18-20-12-6-3-7-13-20)31(26)22-16-10-5-11-17-22/h3-17,27H,2,18-19H2,1H3. The number of hydrogen-bond acceptors (Lipinski definition) is 7. The van der Waals surface area contributed by atoms with E-state index in [0.29, 0.717) is 11.6 Å². The molecule has 3 aromatic carbocycles. The van der Waals surface area contributed by atoms with E-state index in [4.69, 9.17) is 4.74 Å². The Morgan fingerprint density at radius 2 is 1.56 bits per heavy atom. The minimum absolute atomic E-state index is 0.143. The highest BCUT2D eigenvalue weighted by Gasteiger charge is 2.22. The summed E-state index contributed by atoms with van der Waals surface area (Å²) < 4.78 is 7.20. The van der Waals surface area contributed by atoms with Gasteiger partial charge in [-0.05, 0) is 54.9 Å². The van der Waals surface area contributed by atoms with Crippen molar-refractivity contribution in [1.82, 2.24) is 14.8 Å². The van der Waals surface area contributed by atoms with Gasteiger partial charge >= 0.3 is 5.97 Å². The third-order valence-corrected chi connectivity index (χ3v) is 5.79. The third-order valence-electron chi connectivity index (χ3n) is 4.89.